The van der Waals surface area contributed by atoms with Gasteiger partial charge in [-0.3, -0.25) is 9.46 Å². The fourth-order valence-electron chi connectivity index (χ4n) is 2.07. The zero-order chi connectivity index (χ0) is 12.8. The molecule has 0 unspecified atom stereocenters. The molecule has 4 nitrogen and oxygen atoms in total. The monoisotopic (exact) mass is 269 g/mol. The van der Waals surface area contributed by atoms with Crippen molar-refractivity contribution in [2.45, 2.75) is 6.92 Å². The third-order valence-electron chi connectivity index (χ3n) is 2.98. The van der Waals surface area contributed by atoms with E-state index < -0.39 is 7.37 Å². The summed E-state index contributed by atoms with van der Waals surface area (Å²) < 4.78 is 23.9. The SMILES string of the molecule is CCO[P@@](=O)(CN1CCOCC1)c1ccccc1. The van der Waals surface area contributed by atoms with Crippen molar-refractivity contribution in [2.75, 3.05) is 39.2 Å². The van der Waals surface area contributed by atoms with Gasteiger partial charge in [-0.1, -0.05) is 18.2 Å². The lowest BCUT2D eigenvalue weighted by Crippen LogP contribution is -2.38. The molecule has 1 aliphatic heterocycles. The fraction of sp³-hybridized carbons (Fsp3) is 0.538. The molecular weight excluding hydrogens is 249 g/mol. The van der Waals surface area contributed by atoms with Crippen LogP contribution in [-0.4, -0.2) is 44.1 Å². The molecule has 0 aromatic heterocycles. The van der Waals surface area contributed by atoms with Gasteiger partial charge in [-0.25, -0.2) is 0 Å². The van der Waals surface area contributed by atoms with Crippen molar-refractivity contribution < 1.29 is 13.8 Å². The average Bonchev–Trinajstić information content (AvgIpc) is 2.41. The van der Waals surface area contributed by atoms with Crippen molar-refractivity contribution in [2.24, 2.45) is 0 Å². The standard InChI is InChI=1S/C13H20NO3P/c1-2-17-18(15,13-6-4-3-5-7-13)12-14-8-10-16-11-9-14/h3-7H,2,8-12H2,1H3/t18-/m0/s1. The summed E-state index contributed by atoms with van der Waals surface area (Å²) >= 11 is 0. The van der Waals surface area contributed by atoms with Crippen LogP contribution in [0, 0.1) is 0 Å². The van der Waals surface area contributed by atoms with E-state index in [1.165, 1.54) is 0 Å². The molecule has 0 saturated carbocycles. The van der Waals surface area contributed by atoms with Crippen molar-refractivity contribution >= 4 is 12.7 Å². The van der Waals surface area contributed by atoms with Gasteiger partial charge in [0.25, 0.3) is 0 Å². The zero-order valence-electron chi connectivity index (χ0n) is 10.7. The molecule has 0 amide bonds. The van der Waals surface area contributed by atoms with E-state index >= 15 is 0 Å². The molecule has 2 rings (SSSR count). The Bertz CT molecular complexity index is 404. The normalized spacial score (nSPS) is 20.5. The molecule has 1 aromatic carbocycles. The quantitative estimate of drug-likeness (QED) is 0.765. The lowest BCUT2D eigenvalue weighted by Gasteiger charge is -2.30. The number of hydrogen-bond donors (Lipinski definition) is 0. The maximum Gasteiger partial charge on any atom is 0.245 e. The first-order chi connectivity index (χ1) is 8.74. The van der Waals surface area contributed by atoms with Gasteiger partial charge in [-0.15, -0.1) is 0 Å². The first kappa shape index (κ1) is 13.8. The summed E-state index contributed by atoms with van der Waals surface area (Å²) in [5.41, 5.74) is 0. The van der Waals surface area contributed by atoms with E-state index in [2.05, 4.69) is 4.90 Å². The molecule has 0 bridgehead atoms. The topological polar surface area (TPSA) is 38.8 Å². The highest BCUT2D eigenvalue weighted by atomic mass is 31.2. The van der Waals surface area contributed by atoms with Gasteiger partial charge in [0.05, 0.1) is 26.1 Å². The third-order valence-corrected chi connectivity index (χ3v) is 5.51. The van der Waals surface area contributed by atoms with Crippen LogP contribution >= 0.6 is 7.37 Å². The summed E-state index contributed by atoms with van der Waals surface area (Å²) in [7, 11) is -2.77. The zero-order valence-corrected chi connectivity index (χ0v) is 11.6. The number of benzene rings is 1. The lowest BCUT2D eigenvalue weighted by molar-refractivity contribution is 0.0451. The molecule has 0 aliphatic carbocycles. The second-order valence-electron chi connectivity index (χ2n) is 4.30. The molecule has 0 N–H and O–H groups in total. The molecule has 0 radical (unpaired) electrons. The predicted molar refractivity (Wildman–Crippen MR) is 72.6 cm³/mol. The Hall–Kier alpha value is -0.670. The molecule has 0 spiro atoms. The second-order valence-corrected chi connectivity index (χ2v) is 6.70. The van der Waals surface area contributed by atoms with Gasteiger partial charge in [0, 0.05) is 18.4 Å². The molecular formula is C13H20NO3P. The van der Waals surface area contributed by atoms with Crippen LogP contribution in [0.15, 0.2) is 30.3 Å². The summed E-state index contributed by atoms with van der Waals surface area (Å²) in [4.78, 5) is 2.16. The Balaban J connectivity index is 2.13. The summed E-state index contributed by atoms with van der Waals surface area (Å²) in [6.07, 6.45) is 0.480. The highest BCUT2D eigenvalue weighted by Crippen LogP contribution is 2.46. The molecule has 1 saturated heterocycles. The van der Waals surface area contributed by atoms with Crippen molar-refractivity contribution in [1.29, 1.82) is 0 Å². The largest absolute Gasteiger partial charge is 0.379 e. The van der Waals surface area contributed by atoms with E-state index in [1.807, 2.05) is 37.3 Å². The number of rotatable bonds is 5. The Morgan fingerprint density at radius 3 is 2.56 bits per heavy atom. The van der Waals surface area contributed by atoms with Crippen LogP contribution in [0.4, 0.5) is 0 Å². The van der Waals surface area contributed by atoms with Gasteiger partial charge >= 0.3 is 0 Å². The van der Waals surface area contributed by atoms with Crippen molar-refractivity contribution in [3.63, 3.8) is 0 Å². The maximum absolute atomic E-state index is 13.0. The number of hydrogen-bond acceptors (Lipinski definition) is 4. The van der Waals surface area contributed by atoms with Gasteiger partial charge in [0.1, 0.15) is 0 Å². The van der Waals surface area contributed by atoms with Gasteiger partial charge in [-0.2, -0.15) is 0 Å². The van der Waals surface area contributed by atoms with Crippen LogP contribution in [0.25, 0.3) is 0 Å². The van der Waals surface area contributed by atoms with Crippen LogP contribution in [0.1, 0.15) is 6.92 Å². The van der Waals surface area contributed by atoms with Gasteiger partial charge < -0.3 is 9.26 Å². The minimum atomic E-state index is -2.77. The molecule has 1 aromatic rings. The fourth-order valence-corrected chi connectivity index (χ4v) is 4.31. The van der Waals surface area contributed by atoms with Crippen LogP contribution in [-0.2, 0) is 13.8 Å². The van der Waals surface area contributed by atoms with E-state index in [9.17, 15) is 4.57 Å². The average molecular weight is 269 g/mol. The Morgan fingerprint density at radius 1 is 1.28 bits per heavy atom. The number of ether oxygens (including phenoxy) is 1. The van der Waals surface area contributed by atoms with Gasteiger partial charge in [0.15, 0.2) is 0 Å². The van der Waals surface area contributed by atoms with Crippen LogP contribution in [0.5, 0.6) is 0 Å². The van der Waals surface area contributed by atoms with Gasteiger partial charge in [-0.05, 0) is 19.1 Å². The highest BCUT2D eigenvalue weighted by molar-refractivity contribution is 7.66. The summed E-state index contributed by atoms with van der Waals surface area (Å²) in [6.45, 7) is 5.42. The lowest BCUT2D eigenvalue weighted by atomic mass is 10.4. The Labute approximate surface area is 108 Å². The number of nitrogens with zero attached hydrogens (tertiary/aromatic N) is 1. The first-order valence-electron chi connectivity index (χ1n) is 6.34. The van der Waals surface area contributed by atoms with Crippen LogP contribution in [0.3, 0.4) is 0 Å². The minimum absolute atomic E-state index is 0.469. The molecule has 5 heteroatoms. The van der Waals surface area contributed by atoms with Crippen LogP contribution < -0.4 is 5.30 Å². The minimum Gasteiger partial charge on any atom is -0.379 e. The molecule has 18 heavy (non-hydrogen) atoms. The first-order valence-corrected chi connectivity index (χ1v) is 8.15. The summed E-state index contributed by atoms with van der Waals surface area (Å²) in [6, 6.07) is 9.50. The van der Waals surface area contributed by atoms with Crippen molar-refractivity contribution in [3.05, 3.63) is 30.3 Å². The molecule has 1 fully saturated rings. The smallest absolute Gasteiger partial charge is 0.245 e. The van der Waals surface area contributed by atoms with E-state index in [0.717, 1.165) is 18.4 Å². The van der Waals surface area contributed by atoms with E-state index in [4.69, 9.17) is 9.26 Å². The Kier molecular flexibility index (Phi) is 4.95. The maximum atomic E-state index is 13.0. The second kappa shape index (κ2) is 6.48. The van der Waals surface area contributed by atoms with Gasteiger partial charge in [0.2, 0.25) is 7.37 Å². The predicted octanol–water partition coefficient (Wildman–Crippen LogP) is 1.92. The van der Waals surface area contributed by atoms with Crippen molar-refractivity contribution in [3.8, 4) is 0 Å². The van der Waals surface area contributed by atoms with E-state index in [-0.39, 0.29) is 0 Å². The molecule has 100 valence electrons. The number of morpholine rings is 1. The molecule has 1 atom stereocenters. The third kappa shape index (κ3) is 3.42. The van der Waals surface area contributed by atoms with E-state index in [1.54, 1.807) is 0 Å². The summed E-state index contributed by atoms with van der Waals surface area (Å²) in [5.74, 6) is 0. The van der Waals surface area contributed by atoms with Crippen LogP contribution in [0.2, 0.25) is 0 Å². The molecule has 1 heterocycles. The molecule has 1 aliphatic rings. The summed E-state index contributed by atoms with van der Waals surface area (Å²) in [5, 5.41) is 0.804. The van der Waals surface area contributed by atoms with E-state index in [0.29, 0.717) is 26.1 Å². The Morgan fingerprint density at radius 2 is 1.94 bits per heavy atom. The van der Waals surface area contributed by atoms with Crippen molar-refractivity contribution in [1.82, 2.24) is 4.90 Å². The highest BCUT2D eigenvalue weighted by Gasteiger charge is 2.29.